The number of aromatic nitrogens is 2. The minimum atomic E-state index is -0.424. The molecule has 0 aliphatic rings. The molecule has 0 radical (unpaired) electrons. The van der Waals surface area contributed by atoms with Gasteiger partial charge in [-0.3, -0.25) is 14.8 Å². The molecule has 1 heterocycles. The number of ether oxygens (including phenoxy) is 1. The van der Waals surface area contributed by atoms with E-state index in [4.69, 9.17) is 4.74 Å². The van der Waals surface area contributed by atoms with Crippen molar-refractivity contribution in [2.75, 3.05) is 0 Å². The summed E-state index contributed by atoms with van der Waals surface area (Å²) in [5.41, 5.74) is 0.556. The van der Waals surface area contributed by atoms with Gasteiger partial charge in [0.25, 0.3) is 5.69 Å². The SMILES string of the molecule is Cn1cc(OCc2ccc(Br)cc2[N+](=O)[O-])cn1. The zero-order valence-electron chi connectivity index (χ0n) is 9.54. The van der Waals surface area contributed by atoms with Gasteiger partial charge in [-0.25, -0.2) is 0 Å². The normalized spacial score (nSPS) is 10.3. The maximum atomic E-state index is 10.9. The van der Waals surface area contributed by atoms with Crippen molar-refractivity contribution in [2.24, 2.45) is 7.05 Å². The molecular formula is C11H10BrN3O3. The Bertz CT molecular complexity index is 583. The van der Waals surface area contributed by atoms with Crippen LogP contribution in [0, 0.1) is 10.1 Å². The average molecular weight is 312 g/mol. The van der Waals surface area contributed by atoms with E-state index < -0.39 is 4.92 Å². The lowest BCUT2D eigenvalue weighted by atomic mass is 10.2. The van der Waals surface area contributed by atoms with Crippen molar-refractivity contribution in [2.45, 2.75) is 6.61 Å². The molecule has 0 aliphatic heterocycles. The van der Waals surface area contributed by atoms with Gasteiger partial charge in [-0.2, -0.15) is 5.10 Å². The van der Waals surface area contributed by atoms with Crippen LogP contribution < -0.4 is 4.74 Å². The van der Waals surface area contributed by atoms with E-state index in [-0.39, 0.29) is 12.3 Å². The fourth-order valence-corrected chi connectivity index (χ4v) is 1.81. The first kappa shape index (κ1) is 12.6. The van der Waals surface area contributed by atoms with E-state index in [9.17, 15) is 10.1 Å². The highest BCUT2D eigenvalue weighted by Gasteiger charge is 2.14. The third kappa shape index (κ3) is 2.86. The van der Waals surface area contributed by atoms with Gasteiger partial charge in [-0.15, -0.1) is 0 Å². The van der Waals surface area contributed by atoms with Crippen molar-refractivity contribution in [3.05, 3.63) is 50.7 Å². The zero-order valence-corrected chi connectivity index (χ0v) is 11.1. The van der Waals surface area contributed by atoms with E-state index in [1.807, 2.05) is 0 Å². The molecule has 0 spiro atoms. The predicted octanol–water partition coefficient (Wildman–Crippen LogP) is 2.67. The molecular weight excluding hydrogens is 302 g/mol. The molecule has 18 heavy (non-hydrogen) atoms. The largest absolute Gasteiger partial charge is 0.485 e. The Morgan fingerprint density at radius 2 is 2.33 bits per heavy atom. The average Bonchev–Trinajstić information content (AvgIpc) is 2.73. The van der Waals surface area contributed by atoms with Crippen molar-refractivity contribution in [1.29, 1.82) is 0 Å². The Balaban J connectivity index is 2.16. The highest BCUT2D eigenvalue weighted by molar-refractivity contribution is 9.10. The molecule has 0 fully saturated rings. The molecule has 94 valence electrons. The lowest BCUT2D eigenvalue weighted by molar-refractivity contribution is -0.385. The summed E-state index contributed by atoms with van der Waals surface area (Å²) in [6.07, 6.45) is 3.26. The number of nitro benzene ring substituents is 1. The minimum absolute atomic E-state index is 0.0354. The van der Waals surface area contributed by atoms with Gasteiger partial charge in [0.15, 0.2) is 5.75 Å². The second kappa shape index (κ2) is 5.18. The van der Waals surface area contributed by atoms with Crippen LogP contribution in [0.1, 0.15) is 5.56 Å². The molecule has 0 bridgehead atoms. The summed E-state index contributed by atoms with van der Waals surface area (Å²) >= 11 is 3.21. The van der Waals surface area contributed by atoms with E-state index in [0.717, 1.165) is 0 Å². The first-order chi connectivity index (χ1) is 8.56. The number of aryl methyl sites for hydroxylation is 1. The Kier molecular flexibility index (Phi) is 3.61. The summed E-state index contributed by atoms with van der Waals surface area (Å²) in [4.78, 5) is 10.5. The fourth-order valence-electron chi connectivity index (χ4n) is 1.46. The molecule has 2 rings (SSSR count). The molecule has 0 N–H and O–H groups in total. The van der Waals surface area contributed by atoms with Crippen molar-refractivity contribution < 1.29 is 9.66 Å². The molecule has 0 saturated heterocycles. The lowest BCUT2D eigenvalue weighted by Gasteiger charge is -2.04. The smallest absolute Gasteiger partial charge is 0.277 e. The number of nitrogens with zero attached hydrogens (tertiary/aromatic N) is 3. The summed E-state index contributed by atoms with van der Waals surface area (Å²) in [6.45, 7) is 0.134. The molecule has 0 saturated carbocycles. The summed E-state index contributed by atoms with van der Waals surface area (Å²) in [6, 6.07) is 4.87. The fraction of sp³-hybridized carbons (Fsp3) is 0.182. The molecule has 6 nitrogen and oxygen atoms in total. The van der Waals surface area contributed by atoms with Gasteiger partial charge in [-0.05, 0) is 12.1 Å². The lowest BCUT2D eigenvalue weighted by Crippen LogP contribution is -2.00. The first-order valence-electron chi connectivity index (χ1n) is 5.10. The summed E-state index contributed by atoms with van der Waals surface area (Å²) in [5.74, 6) is 0.578. The number of benzene rings is 1. The molecule has 0 unspecified atom stereocenters. The highest BCUT2D eigenvalue weighted by Crippen LogP contribution is 2.24. The van der Waals surface area contributed by atoms with E-state index in [1.54, 1.807) is 36.3 Å². The van der Waals surface area contributed by atoms with Gasteiger partial charge in [0, 0.05) is 17.6 Å². The van der Waals surface area contributed by atoms with Gasteiger partial charge in [0.2, 0.25) is 0 Å². The molecule has 1 aromatic carbocycles. The number of halogens is 1. The second-order valence-electron chi connectivity index (χ2n) is 3.67. The molecule has 0 aliphatic carbocycles. The van der Waals surface area contributed by atoms with Crippen molar-refractivity contribution in [3.63, 3.8) is 0 Å². The van der Waals surface area contributed by atoms with Crippen LogP contribution >= 0.6 is 15.9 Å². The van der Waals surface area contributed by atoms with Crippen LogP contribution in [0.25, 0.3) is 0 Å². The minimum Gasteiger partial charge on any atom is -0.485 e. The van der Waals surface area contributed by atoms with Gasteiger partial charge < -0.3 is 4.74 Å². The van der Waals surface area contributed by atoms with Crippen LogP contribution in [0.2, 0.25) is 0 Å². The number of hydrogen-bond donors (Lipinski definition) is 0. The van der Waals surface area contributed by atoms with Gasteiger partial charge in [0.1, 0.15) is 6.61 Å². The van der Waals surface area contributed by atoms with Crippen LogP contribution in [0.15, 0.2) is 35.1 Å². The third-order valence-electron chi connectivity index (χ3n) is 2.32. The van der Waals surface area contributed by atoms with Crippen molar-refractivity contribution in [1.82, 2.24) is 9.78 Å². The highest BCUT2D eigenvalue weighted by atomic mass is 79.9. The Hall–Kier alpha value is -1.89. The molecule has 7 heteroatoms. The van der Waals surface area contributed by atoms with E-state index >= 15 is 0 Å². The predicted molar refractivity (Wildman–Crippen MR) is 68.3 cm³/mol. The quantitative estimate of drug-likeness (QED) is 0.643. The Morgan fingerprint density at radius 3 is 2.94 bits per heavy atom. The maximum Gasteiger partial charge on any atom is 0.277 e. The summed E-state index contributed by atoms with van der Waals surface area (Å²) in [7, 11) is 1.77. The maximum absolute atomic E-state index is 10.9. The first-order valence-corrected chi connectivity index (χ1v) is 5.90. The van der Waals surface area contributed by atoms with Crippen LogP contribution in [0.3, 0.4) is 0 Å². The number of rotatable bonds is 4. The number of hydrogen-bond acceptors (Lipinski definition) is 4. The molecule has 1 aromatic heterocycles. The molecule has 0 amide bonds. The summed E-state index contributed by atoms with van der Waals surface area (Å²) < 4.78 is 7.71. The van der Waals surface area contributed by atoms with E-state index in [2.05, 4.69) is 21.0 Å². The van der Waals surface area contributed by atoms with Crippen molar-refractivity contribution in [3.8, 4) is 5.75 Å². The van der Waals surface area contributed by atoms with Gasteiger partial charge in [-0.1, -0.05) is 15.9 Å². The van der Waals surface area contributed by atoms with Gasteiger partial charge in [0.05, 0.1) is 22.9 Å². The molecule has 0 atom stereocenters. The van der Waals surface area contributed by atoms with Crippen molar-refractivity contribution >= 4 is 21.6 Å². The van der Waals surface area contributed by atoms with E-state index in [1.165, 1.54) is 6.07 Å². The van der Waals surface area contributed by atoms with Crippen LogP contribution in [0.4, 0.5) is 5.69 Å². The van der Waals surface area contributed by atoms with E-state index in [0.29, 0.717) is 15.8 Å². The van der Waals surface area contributed by atoms with Crippen LogP contribution in [0.5, 0.6) is 5.75 Å². The monoisotopic (exact) mass is 311 g/mol. The Morgan fingerprint density at radius 1 is 1.56 bits per heavy atom. The molecule has 2 aromatic rings. The standard InChI is InChI=1S/C11H10BrN3O3/c1-14-6-10(5-13-14)18-7-8-2-3-9(12)4-11(8)15(16)17/h2-6H,7H2,1H3. The Labute approximate surface area is 111 Å². The van der Waals surface area contributed by atoms with Crippen LogP contribution in [-0.2, 0) is 13.7 Å². The second-order valence-corrected chi connectivity index (χ2v) is 4.58. The van der Waals surface area contributed by atoms with Gasteiger partial charge >= 0.3 is 0 Å². The third-order valence-corrected chi connectivity index (χ3v) is 2.81. The number of nitro groups is 1. The topological polar surface area (TPSA) is 70.2 Å². The summed E-state index contributed by atoms with van der Waals surface area (Å²) in [5, 5.41) is 14.9. The zero-order chi connectivity index (χ0) is 13.1. The van der Waals surface area contributed by atoms with Crippen LogP contribution in [-0.4, -0.2) is 14.7 Å².